The van der Waals surface area contributed by atoms with E-state index in [1.54, 1.807) is 11.1 Å². The molecule has 12 rings (SSSR count). The van der Waals surface area contributed by atoms with Gasteiger partial charge >= 0.3 is 0 Å². The van der Waals surface area contributed by atoms with E-state index >= 15 is 0 Å². The summed E-state index contributed by atoms with van der Waals surface area (Å²) in [5.41, 5.74) is 12.5. The number of hydrogen-bond acceptors (Lipinski definition) is 1. The largest absolute Gasteiger partial charge is 0.310 e. The van der Waals surface area contributed by atoms with Crippen LogP contribution in [0.15, 0.2) is 152 Å². The van der Waals surface area contributed by atoms with Gasteiger partial charge in [0.15, 0.2) is 0 Å². The van der Waals surface area contributed by atoms with Crippen molar-refractivity contribution in [3.05, 3.63) is 163 Å². The minimum atomic E-state index is 0.0732. The molecule has 0 atom stereocenters. The van der Waals surface area contributed by atoms with E-state index < -0.39 is 0 Å². The Kier molecular flexibility index (Phi) is 5.91. The standard InChI is InChI=1S/C48H39N/c1-2-11-36-30-37(20-19-33(36)9-1)34-21-23-40(24-22-34)49(45-17-7-12-35-10-3-4-13-41(35)45)46-18-8-15-43-42-14-5-6-16-44(42)48(47(43)46)38-26-31-25-32(28-38)29-39(48)27-31/h1-24,30-32,38-39H,25-29H2. The normalized spacial score (nSPS) is 24.4. The highest BCUT2D eigenvalue weighted by molar-refractivity contribution is 6.01. The quantitative estimate of drug-likeness (QED) is 0.187. The van der Waals surface area contributed by atoms with Crippen LogP contribution >= 0.6 is 0 Å². The number of benzene rings is 7. The topological polar surface area (TPSA) is 3.24 Å². The van der Waals surface area contributed by atoms with Crippen LogP contribution in [0.2, 0.25) is 0 Å². The molecular weight excluding hydrogens is 591 g/mol. The molecule has 0 unspecified atom stereocenters. The Hall–Kier alpha value is -5.14. The molecule has 0 aromatic heterocycles. The molecule has 236 valence electrons. The van der Waals surface area contributed by atoms with Gasteiger partial charge in [0.1, 0.15) is 0 Å². The monoisotopic (exact) mass is 629 g/mol. The second-order valence-electron chi connectivity index (χ2n) is 15.4. The number of rotatable bonds is 4. The summed E-state index contributed by atoms with van der Waals surface area (Å²) in [6.45, 7) is 0. The first-order chi connectivity index (χ1) is 24.3. The van der Waals surface area contributed by atoms with E-state index in [4.69, 9.17) is 0 Å². The van der Waals surface area contributed by atoms with E-state index in [0.717, 1.165) is 11.8 Å². The lowest BCUT2D eigenvalue weighted by molar-refractivity contribution is -0.0397. The molecule has 5 aliphatic carbocycles. The summed E-state index contributed by atoms with van der Waals surface area (Å²) in [6, 6.07) is 57.3. The predicted octanol–water partition coefficient (Wildman–Crippen LogP) is 12.9. The Morgan fingerprint density at radius 3 is 1.88 bits per heavy atom. The van der Waals surface area contributed by atoms with E-state index in [1.807, 2.05) is 0 Å². The highest BCUT2D eigenvalue weighted by atomic mass is 15.1. The third kappa shape index (κ3) is 3.93. The highest BCUT2D eigenvalue weighted by Crippen LogP contribution is 2.71. The van der Waals surface area contributed by atoms with Gasteiger partial charge in [-0.15, -0.1) is 0 Å². The molecule has 0 saturated heterocycles. The number of hydrogen-bond donors (Lipinski definition) is 0. The van der Waals surface area contributed by atoms with Crippen molar-refractivity contribution in [1.29, 1.82) is 0 Å². The van der Waals surface area contributed by atoms with Gasteiger partial charge in [-0.3, -0.25) is 0 Å². The average molecular weight is 630 g/mol. The lowest BCUT2D eigenvalue weighted by Gasteiger charge is -2.61. The summed E-state index contributed by atoms with van der Waals surface area (Å²) in [5, 5.41) is 5.12. The Balaban J connectivity index is 1.14. The first-order valence-corrected chi connectivity index (χ1v) is 18.4. The molecule has 49 heavy (non-hydrogen) atoms. The molecule has 0 heterocycles. The Morgan fingerprint density at radius 1 is 0.449 bits per heavy atom. The van der Waals surface area contributed by atoms with Crippen LogP contribution in [0, 0.1) is 23.7 Å². The van der Waals surface area contributed by atoms with Gasteiger partial charge in [0.05, 0.1) is 11.4 Å². The summed E-state index contributed by atoms with van der Waals surface area (Å²) in [5.74, 6) is 3.23. The maximum Gasteiger partial charge on any atom is 0.0540 e. The van der Waals surface area contributed by atoms with E-state index in [9.17, 15) is 0 Å². The van der Waals surface area contributed by atoms with Gasteiger partial charge in [0.2, 0.25) is 0 Å². The zero-order valence-corrected chi connectivity index (χ0v) is 27.7. The summed E-state index contributed by atoms with van der Waals surface area (Å²) >= 11 is 0. The van der Waals surface area contributed by atoms with Crippen molar-refractivity contribution in [3.8, 4) is 22.3 Å². The van der Waals surface area contributed by atoms with E-state index in [0.29, 0.717) is 11.8 Å². The molecule has 0 aliphatic heterocycles. The van der Waals surface area contributed by atoms with Crippen molar-refractivity contribution in [2.75, 3.05) is 4.90 Å². The molecule has 7 aromatic rings. The summed E-state index contributed by atoms with van der Waals surface area (Å²) < 4.78 is 0. The summed E-state index contributed by atoms with van der Waals surface area (Å²) in [4.78, 5) is 2.62. The van der Waals surface area contributed by atoms with Gasteiger partial charge in [0, 0.05) is 16.5 Å². The summed E-state index contributed by atoms with van der Waals surface area (Å²) in [7, 11) is 0. The molecule has 4 saturated carbocycles. The molecule has 7 aromatic carbocycles. The molecule has 5 aliphatic rings. The highest BCUT2D eigenvalue weighted by Gasteiger charge is 2.62. The van der Waals surface area contributed by atoms with Crippen molar-refractivity contribution in [1.82, 2.24) is 0 Å². The Bertz CT molecular complexity index is 2380. The van der Waals surface area contributed by atoms with Gasteiger partial charge in [0.25, 0.3) is 0 Å². The minimum Gasteiger partial charge on any atom is -0.310 e. The first-order valence-electron chi connectivity index (χ1n) is 18.4. The second-order valence-corrected chi connectivity index (χ2v) is 15.4. The van der Waals surface area contributed by atoms with Crippen molar-refractivity contribution in [3.63, 3.8) is 0 Å². The van der Waals surface area contributed by atoms with E-state index in [2.05, 4.69) is 157 Å². The molecule has 1 heteroatoms. The molecule has 4 fully saturated rings. The van der Waals surface area contributed by atoms with Gasteiger partial charge in [-0.05, 0) is 136 Å². The van der Waals surface area contributed by atoms with E-state index in [-0.39, 0.29) is 5.41 Å². The van der Waals surface area contributed by atoms with Crippen molar-refractivity contribution in [2.45, 2.75) is 37.5 Å². The molecule has 4 bridgehead atoms. The van der Waals surface area contributed by atoms with Gasteiger partial charge in [-0.1, -0.05) is 121 Å². The van der Waals surface area contributed by atoms with Crippen LogP contribution in [0.25, 0.3) is 43.8 Å². The number of nitrogens with zero attached hydrogens (tertiary/aromatic N) is 1. The first kappa shape index (κ1) is 27.8. The Labute approximate surface area is 288 Å². The fourth-order valence-corrected chi connectivity index (χ4v) is 11.4. The molecular formula is C48H39N. The maximum absolute atomic E-state index is 2.62. The maximum atomic E-state index is 2.62. The second kappa shape index (κ2) is 10.4. The molecule has 0 N–H and O–H groups in total. The third-order valence-electron chi connectivity index (χ3n) is 13.0. The zero-order valence-electron chi connectivity index (χ0n) is 27.7. The van der Waals surface area contributed by atoms with Crippen LogP contribution in [0.5, 0.6) is 0 Å². The number of anilines is 3. The lowest BCUT2D eigenvalue weighted by Crippen LogP contribution is -2.55. The van der Waals surface area contributed by atoms with Gasteiger partial charge in [-0.25, -0.2) is 0 Å². The molecule has 1 nitrogen and oxygen atoms in total. The smallest absolute Gasteiger partial charge is 0.0540 e. The van der Waals surface area contributed by atoms with Crippen LogP contribution in [0.1, 0.15) is 43.2 Å². The van der Waals surface area contributed by atoms with Crippen molar-refractivity contribution < 1.29 is 0 Å². The molecule has 1 spiro atoms. The van der Waals surface area contributed by atoms with Crippen LogP contribution < -0.4 is 4.90 Å². The van der Waals surface area contributed by atoms with Crippen molar-refractivity contribution >= 4 is 38.6 Å². The third-order valence-corrected chi connectivity index (χ3v) is 13.0. The minimum absolute atomic E-state index is 0.0732. The van der Waals surface area contributed by atoms with Crippen LogP contribution in [0.4, 0.5) is 17.1 Å². The zero-order chi connectivity index (χ0) is 32.1. The lowest BCUT2D eigenvalue weighted by atomic mass is 9.43. The van der Waals surface area contributed by atoms with Crippen LogP contribution in [0.3, 0.4) is 0 Å². The van der Waals surface area contributed by atoms with Crippen LogP contribution in [-0.2, 0) is 5.41 Å². The van der Waals surface area contributed by atoms with E-state index in [1.165, 1.54) is 93.0 Å². The van der Waals surface area contributed by atoms with Gasteiger partial charge in [-0.2, -0.15) is 0 Å². The molecule has 0 amide bonds. The van der Waals surface area contributed by atoms with Crippen LogP contribution in [-0.4, -0.2) is 0 Å². The Morgan fingerprint density at radius 2 is 1.06 bits per heavy atom. The van der Waals surface area contributed by atoms with Gasteiger partial charge < -0.3 is 4.90 Å². The summed E-state index contributed by atoms with van der Waals surface area (Å²) in [6.07, 6.45) is 6.98. The molecule has 0 radical (unpaired) electrons. The SMILES string of the molecule is c1ccc2c(c1)-c1cccc(N(c3ccc(-c4ccc5ccccc5c4)cc3)c3cccc4ccccc34)c1C21C2CC3CC(C2)CC1C3. The predicted molar refractivity (Wildman–Crippen MR) is 205 cm³/mol. The number of fused-ring (bicyclic) bond motifs is 5. The fraction of sp³-hybridized carbons (Fsp3) is 0.208. The van der Waals surface area contributed by atoms with Crippen molar-refractivity contribution in [2.24, 2.45) is 23.7 Å². The fourth-order valence-electron chi connectivity index (χ4n) is 11.4. The average Bonchev–Trinajstić information content (AvgIpc) is 3.45.